The van der Waals surface area contributed by atoms with Gasteiger partial charge in [0.15, 0.2) is 0 Å². The average Bonchev–Trinajstić information content (AvgIpc) is 2.67. The molecule has 138 valence electrons. The lowest BCUT2D eigenvalue weighted by Crippen LogP contribution is -2.04. The molecule has 0 saturated heterocycles. The Morgan fingerprint density at radius 1 is 0.750 bits per heavy atom. The molecule has 4 aromatic rings. The lowest BCUT2D eigenvalue weighted by molar-refractivity contribution is 0.144. The largest absolute Gasteiger partial charge is 0.511 e. The zero-order valence-corrected chi connectivity index (χ0v) is 15.9. The lowest BCUT2D eigenvalue weighted by Gasteiger charge is -2.10. The van der Waals surface area contributed by atoms with Crippen molar-refractivity contribution in [1.82, 2.24) is 4.98 Å². The van der Waals surface area contributed by atoms with Crippen molar-refractivity contribution in [2.45, 2.75) is 0 Å². The van der Waals surface area contributed by atoms with Gasteiger partial charge in [-0.25, -0.2) is 9.78 Å². The van der Waals surface area contributed by atoms with Crippen LogP contribution in [-0.4, -0.2) is 16.2 Å². The summed E-state index contributed by atoms with van der Waals surface area (Å²) in [6.07, 6.45) is -1.38. The van der Waals surface area contributed by atoms with Gasteiger partial charge in [-0.2, -0.15) is 0 Å². The number of aromatic nitrogens is 1. The van der Waals surface area contributed by atoms with E-state index in [4.69, 9.17) is 38.0 Å². The van der Waals surface area contributed by atoms with Crippen LogP contribution in [-0.2, 0) is 0 Å². The predicted molar refractivity (Wildman–Crippen MR) is 111 cm³/mol. The lowest BCUT2D eigenvalue weighted by atomic mass is 10.0. The van der Waals surface area contributed by atoms with Gasteiger partial charge in [0.05, 0.1) is 11.4 Å². The molecule has 0 amide bonds. The first kappa shape index (κ1) is 18.3. The van der Waals surface area contributed by atoms with E-state index in [1.165, 1.54) is 0 Å². The second-order valence-electron chi connectivity index (χ2n) is 6.15. The number of pyridine rings is 1. The third-order valence-corrected chi connectivity index (χ3v) is 4.73. The van der Waals surface area contributed by atoms with Crippen LogP contribution in [0.1, 0.15) is 0 Å². The first-order valence-corrected chi connectivity index (χ1v) is 9.12. The van der Waals surface area contributed by atoms with Gasteiger partial charge in [0.25, 0.3) is 0 Å². The highest BCUT2D eigenvalue weighted by atomic mass is 35.5. The van der Waals surface area contributed by atoms with Gasteiger partial charge in [-0.3, -0.25) is 0 Å². The minimum absolute atomic E-state index is 0.193. The third kappa shape index (κ3) is 3.93. The summed E-state index contributed by atoms with van der Waals surface area (Å²) in [7, 11) is 0. The van der Waals surface area contributed by atoms with Gasteiger partial charge in [-0.1, -0.05) is 53.5 Å². The Hall–Kier alpha value is -3.08. The van der Waals surface area contributed by atoms with Crippen molar-refractivity contribution in [3.8, 4) is 28.3 Å². The fraction of sp³-hybridized carbons (Fsp3) is 0. The summed E-state index contributed by atoms with van der Waals surface area (Å²) < 4.78 is 4.90. The van der Waals surface area contributed by atoms with E-state index < -0.39 is 6.16 Å². The van der Waals surface area contributed by atoms with E-state index in [0.29, 0.717) is 21.4 Å². The van der Waals surface area contributed by atoms with Crippen LogP contribution >= 0.6 is 23.2 Å². The predicted octanol–water partition coefficient (Wildman–Crippen LogP) is 6.93. The molecule has 0 bridgehead atoms. The van der Waals surface area contributed by atoms with Gasteiger partial charge in [0, 0.05) is 33.3 Å². The average molecular weight is 410 g/mol. The zero-order valence-electron chi connectivity index (χ0n) is 14.4. The summed E-state index contributed by atoms with van der Waals surface area (Å²) in [5.74, 6) is 0.193. The van der Waals surface area contributed by atoms with Crippen LogP contribution in [0.5, 0.6) is 5.75 Å². The molecular formula is C22H13Cl2NO3. The number of hydrogen-bond donors (Lipinski definition) is 1. The fourth-order valence-corrected chi connectivity index (χ4v) is 3.26. The van der Waals surface area contributed by atoms with E-state index in [9.17, 15) is 4.79 Å². The van der Waals surface area contributed by atoms with Gasteiger partial charge in [0.1, 0.15) is 5.75 Å². The van der Waals surface area contributed by atoms with Gasteiger partial charge < -0.3 is 9.84 Å². The Labute approximate surface area is 170 Å². The van der Waals surface area contributed by atoms with E-state index >= 15 is 0 Å². The number of rotatable bonds is 3. The van der Waals surface area contributed by atoms with Crippen molar-refractivity contribution in [2.24, 2.45) is 0 Å². The minimum atomic E-state index is -1.38. The first-order valence-electron chi connectivity index (χ1n) is 8.36. The number of carboxylic acid groups (broad SMARTS) is 1. The van der Waals surface area contributed by atoms with Crippen molar-refractivity contribution in [2.75, 3.05) is 0 Å². The van der Waals surface area contributed by atoms with E-state index in [2.05, 4.69) is 0 Å². The molecule has 4 rings (SSSR count). The molecule has 0 fully saturated rings. The standard InChI is InChI=1S/C22H13Cl2NO3/c23-17-6-3-13(4-7-17)20-11-19(28-22(26)27)12-21(25-20)16-2-1-15-10-18(24)8-5-14(15)9-16/h1-12H,(H,26,27). The maximum Gasteiger partial charge on any atom is 0.511 e. The molecule has 0 aliphatic rings. The molecule has 4 nitrogen and oxygen atoms in total. The second-order valence-corrected chi connectivity index (χ2v) is 7.03. The van der Waals surface area contributed by atoms with E-state index in [0.717, 1.165) is 21.9 Å². The smallest absolute Gasteiger partial charge is 0.449 e. The Balaban J connectivity index is 1.85. The number of fused-ring (bicyclic) bond motifs is 1. The van der Waals surface area contributed by atoms with Crippen LogP contribution in [0.2, 0.25) is 10.0 Å². The molecule has 0 atom stereocenters. The summed E-state index contributed by atoms with van der Waals surface area (Å²) in [4.78, 5) is 15.7. The van der Waals surface area contributed by atoms with Crippen LogP contribution in [0.4, 0.5) is 4.79 Å². The molecule has 0 unspecified atom stereocenters. The Bertz CT molecular complexity index is 1190. The van der Waals surface area contributed by atoms with Gasteiger partial charge in [-0.05, 0) is 41.1 Å². The summed E-state index contributed by atoms with van der Waals surface area (Å²) in [6, 6.07) is 21.8. The van der Waals surface area contributed by atoms with Gasteiger partial charge in [0.2, 0.25) is 0 Å². The maximum atomic E-state index is 11.0. The van der Waals surface area contributed by atoms with E-state index in [-0.39, 0.29) is 5.75 Å². The van der Waals surface area contributed by atoms with Crippen LogP contribution < -0.4 is 4.74 Å². The van der Waals surface area contributed by atoms with Gasteiger partial charge >= 0.3 is 6.16 Å². The topological polar surface area (TPSA) is 59.4 Å². The molecule has 3 aromatic carbocycles. The Morgan fingerprint density at radius 2 is 1.32 bits per heavy atom. The second kappa shape index (κ2) is 7.50. The van der Waals surface area contributed by atoms with Crippen molar-refractivity contribution in [3.63, 3.8) is 0 Å². The van der Waals surface area contributed by atoms with Crippen LogP contribution in [0.3, 0.4) is 0 Å². The fourth-order valence-electron chi connectivity index (χ4n) is 2.96. The molecule has 1 heterocycles. The van der Waals surface area contributed by atoms with E-state index in [1.54, 1.807) is 24.3 Å². The summed E-state index contributed by atoms with van der Waals surface area (Å²) in [5.41, 5.74) is 2.82. The van der Waals surface area contributed by atoms with Gasteiger partial charge in [-0.15, -0.1) is 0 Å². The van der Waals surface area contributed by atoms with E-state index in [1.807, 2.05) is 48.5 Å². The number of halogens is 2. The molecule has 6 heteroatoms. The molecular weight excluding hydrogens is 397 g/mol. The number of ether oxygens (including phenoxy) is 1. The molecule has 28 heavy (non-hydrogen) atoms. The number of nitrogens with zero attached hydrogens (tertiary/aromatic N) is 1. The number of carbonyl (C=O) groups is 1. The summed E-state index contributed by atoms with van der Waals surface area (Å²) in [5, 5.41) is 12.3. The van der Waals surface area contributed by atoms with Crippen molar-refractivity contribution in [1.29, 1.82) is 0 Å². The molecule has 1 N–H and O–H groups in total. The SMILES string of the molecule is O=C(O)Oc1cc(-c2ccc(Cl)cc2)nc(-c2ccc3cc(Cl)ccc3c2)c1. The molecule has 0 aliphatic heterocycles. The number of hydrogen-bond acceptors (Lipinski definition) is 3. The monoisotopic (exact) mass is 409 g/mol. The summed E-state index contributed by atoms with van der Waals surface area (Å²) >= 11 is 12.0. The van der Waals surface area contributed by atoms with Crippen LogP contribution in [0.15, 0.2) is 72.8 Å². The third-order valence-electron chi connectivity index (χ3n) is 4.24. The van der Waals surface area contributed by atoms with Crippen LogP contribution in [0.25, 0.3) is 33.3 Å². The highest BCUT2D eigenvalue weighted by Crippen LogP contribution is 2.31. The van der Waals surface area contributed by atoms with Crippen molar-refractivity contribution < 1.29 is 14.6 Å². The van der Waals surface area contributed by atoms with Crippen LogP contribution in [0, 0.1) is 0 Å². The highest BCUT2D eigenvalue weighted by Gasteiger charge is 2.11. The molecule has 0 saturated carbocycles. The molecule has 0 spiro atoms. The van der Waals surface area contributed by atoms with Crippen molar-refractivity contribution in [3.05, 3.63) is 82.8 Å². The highest BCUT2D eigenvalue weighted by molar-refractivity contribution is 6.31. The Kier molecular flexibility index (Phi) is 4.90. The molecule has 0 radical (unpaired) electrons. The molecule has 1 aromatic heterocycles. The zero-order chi connectivity index (χ0) is 19.7. The summed E-state index contributed by atoms with van der Waals surface area (Å²) in [6.45, 7) is 0. The maximum absolute atomic E-state index is 11.0. The molecule has 0 aliphatic carbocycles. The normalized spacial score (nSPS) is 10.8. The minimum Gasteiger partial charge on any atom is -0.449 e. The number of benzene rings is 3. The quantitative estimate of drug-likeness (QED) is 0.372. The first-order chi connectivity index (χ1) is 13.5. The Morgan fingerprint density at radius 3 is 2.04 bits per heavy atom. The van der Waals surface area contributed by atoms with Crippen molar-refractivity contribution >= 4 is 40.1 Å².